The number of ketones is 1. The molecule has 0 aromatic rings. The summed E-state index contributed by atoms with van der Waals surface area (Å²) in [5.74, 6) is -0.0810. The third-order valence-corrected chi connectivity index (χ3v) is 0.514. The van der Waals surface area contributed by atoms with Gasteiger partial charge in [0.2, 0.25) is 0 Å². The van der Waals surface area contributed by atoms with Crippen LogP contribution in [0.5, 0.6) is 0 Å². The molecule has 0 N–H and O–H groups in total. The zero-order valence-electron chi connectivity index (χ0n) is 7.62. The van der Waals surface area contributed by atoms with Crippen molar-refractivity contribution in [1.82, 2.24) is 0 Å². The first-order chi connectivity index (χ1) is 5.72. The van der Waals surface area contributed by atoms with Crippen molar-refractivity contribution in [3.63, 3.8) is 0 Å². The molecule has 0 aliphatic rings. The number of carbonyl (C=O) groups excluding carboxylic acids is 3. The second kappa shape index (κ2) is 22.6. The highest BCUT2D eigenvalue weighted by Gasteiger charge is 1.87. The van der Waals surface area contributed by atoms with Crippen LogP contribution < -0.4 is 0 Å². The second-order valence-corrected chi connectivity index (χ2v) is 1.19. The highest BCUT2D eigenvalue weighted by atomic mass is 16.5. The van der Waals surface area contributed by atoms with Crippen LogP contribution in [0.25, 0.3) is 0 Å². The van der Waals surface area contributed by atoms with E-state index in [1.807, 2.05) is 13.8 Å². The Morgan fingerprint density at radius 1 is 1.50 bits per heavy atom. The number of ether oxygens (including phenoxy) is 1. The highest BCUT2D eigenvalue weighted by molar-refractivity contribution is 5.90. The first-order valence-electron chi connectivity index (χ1n) is 3.36. The summed E-state index contributed by atoms with van der Waals surface area (Å²) in [6, 6.07) is 0. The number of carbonyl (C=O) groups is 1. The van der Waals surface area contributed by atoms with E-state index in [1.165, 1.54) is 13.2 Å². The van der Waals surface area contributed by atoms with Gasteiger partial charge in [-0.2, -0.15) is 9.59 Å². The van der Waals surface area contributed by atoms with Gasteiger partial charge in [0.25, 0.3) is 0 Å². The maximum absolute atomic E-state index is 10.2. The lowest BCUT2D eigenvalue weighted by molar-refractivity contribution is -0.191. The van der Waals surface area contributed by atoms with Crippen LogP contribution in [0.4, 0.5) is 0 Å². The molecule has 4 nitrogen and oxygen atoms in total. The zero-order valence-corrected chi connectivity index (χ0v) is 7.62. The maximum Gasteiger partial charge on any atom is 0.373 e. The normalized spacial score (nSPS) is 5.92. The summed E-state index contributed by atoms with van der Waals surface area (Å²) in [7, 11) is 1.47. The van der Waals surface area contributed by atoms with Gasteiger partial charge in [-0.1, -0.05) is 20.4 Å². The quantitative estimate of drug-likeness (QED) is 0.594. The van der Waals surface area contributed by atoms with Gasteiger partial charge >= 0.3 is 6.15 Å². The van der Waals surface area contributed by atoms with E-state index in [9.17, 15) is 4.79 Å². The molecule has 0 bridgehead atoms. The SMILES string of the molecule is C=CC(=O)COC.CC.O=C=O. The van der Waals surface area contributed by atoms with Crippen LogP contribution in [0.15, 0.2) is 12.7 Å². The number of methoxy groups -OCH3 is 1. The minimum absolute atomic E-state index is 0.0810. The van der Waals surface area contributed by atoms with E-state index in [0.29, 0.717) is 0 Å². The number of hydrogen-bond donors (Lipinski definition) is 0. The van der Waals surface area contributed by atoms with E-state index >= 15 is 0 Å². The van der Waals surface area contributed by atoms with E-state index < -0.39 is 0 Å². The summed E-state index contributed by atoms with van der Waals surface area (Å²) in [5.41, 5.74) is 0. The molecule has 0 aromatic carbocycles. The summed E-state index contributed by atoms with van der Waals surface area (Å²) in [6.45, 7) is 7.39. The van der Waals surface area contributed by atoms with E-state index in [2.05, 4.69) is 11.3 Å². The van der Waals surface area contributed by atoms with Crippen LogP contribution in [-0.4, -0.2) is 25.7 Å². The fourth-order valence-corrected chi connectivity index (χ4v) is 0.201. The Balaban J connectivity index is -0.000000137. The predicted octanol–water partition coefficient (Wildman–Crippen LogP) is 0.831. The molecule has 4 heteroatoms. The molecular formula is C8H14O4. The van der Waals surface area contributed by atoms with Gasteiger partial charge in [0.15, 0.2) is 5.78 Å². The Labute approximate surface area is 72.2 Å². The Kier molecular flexibility index (Phi) is 32.0. The fraction of sp³-hybridized carbons (Fsp3) is 0.500. The molecule has 0 aliphatic carbocycles. The van der Waals surface area contributed by atoms with Crippen molar-refractivity contribution in [2.75, 3.05) is 13.7 Å². The molecule has 0 aromatic heterocycles. The predicted molar refractivity (Wildman–Crippen MR) is 43.4 cm³/mol. The minimum Gasteiger partial charge on any atom is -0.377 e. The summed E-state index contributed by atoms with van der Waals surface area (Å²) >= 11 is 0. The second-order valence-electron chi connectivity index (χ2n) is 1.19. The minimum atomic E-state index is -0.0810. The van der Waals surface area contributed by atoms with E-state index in [1.54, 1.807) is 0 Å². The van der Waals surface area contributed by atoms with Gasteiger partial charge in [0, 0.05) is 7.11 Å². The molecular weight excluding hydrogens is 160 g/mol. The zero-order chi connectivity index (χ0) is 10.4. The fourth-order valence-electron chi connectivity index (χ4n) is 0.201. The van der Waals surface area contributed by atoms with Gasteiger partial charge in [0.05, 0.1) is 0 Å². The lowest BCUT2D eigenvalue weighted by atomic mass is 10.4. The molecule has 0 spiro atoms. The van der Waals surface area contributed by atoms with Gasteiger partial charge in [0.1, 0.15) is 6.61 Å². The molecule has 0 heterocycles. The summed E-state index contributed by atoms with van der Waals surface area (Å²) in [5, 5.41) is 0. The van der Waals surface area contributed by atoms with Crippen molar-refractivity contribution < 1.29 is 19.1 Å². The molecule has 0 unspecified atom stereocenters. The Hall–Kier alpha value is -1.25. The molecule has 0 amide bonds. The number of rotatable bonds is 3. The Morgan fingerprint density at radius 2 is 1.83 bits per heavy atom. The Bertz CT molecular complexity index is 134. The molecule has 0 fully saturated rings. The van der Waals surface area contributed by atoms with Crippen LogP contribution in [0.1, 0.15) is 13.8 Å². The van der Waals surface area contributed by atoms with Crippen molar-refractivity contribution in [2.24, 2.45) is 0 Å². The third kappa shape index (κ3) is 37.4. The first kappa shape index (κ1) is 17.0. The standard InChI is InChI=1S/C5H8O2.C2H6.CO2/c1-3-5(6)4-7-2;1-2;2-1-3/h3H,1,4H2,2H3;1-2H3;. The summed E-state index contributed by atoms with van der Waals surface area (Å²) in [6.07, 6.45) is 1.49. The van der Waals surface area contributed by atoms with Crippen molar-refractivity contribution in [3.8, 4) is 0 Å². The highest BCUT2D eigenvalue weighted by Crippen LogP contribution is 1.71. The van der Waals surface area contributed by atoms with Crippen LogP contribution in [-0.2, 0) is 19.1 Å². The molecule has 12 heavy (non-hydrogen) atoms. The van der Waals surface area contributed by atoms with E-state index in [0.717, 1.165) is 0 Å². The van der Waals surface area contributed by atoms with Crippen molar-refractivity contribution in [2.45, 2.75) is 13.8 Å². The molecule has 0 rings (SSSR count). The van der Waals surface area contributed by atoms with E-state index in [4.69, 9.17) is 9.59 Å². The number of hydrogen-bond acceptors (Lipinski definition) is 4. The average Bonchev–Trinajstić information content (AvgIpc) is 2.10. The van der Waals surface area contributed by atoms with Gasteiger partial charge in [-0.3, -0.25) is 4.79 Å². The van der Waals surface area contributed by atoms with Crippen LogP contribution in [0.2, 0.25) is 0 Å². The third-order valence-electron chi connectivity index (χ3n) is 0.514. The molecule has 0 atom stereocenters. The lowest BCUT2D eigenvalue weighted by Crippen LogP contribution is -2.00. The van der Waals surface area contributed by atoms with Crippen LogP contribution in [0, 0.1) is 0 Å². The average molecular weight is 174 g/mol. The molecule has 0 saturated heterocycles. The maximum atomic E-state index is 10.2. The van der Waals surface area contributed by atoms with Gasteiger partial charge < -0.3 is 4.74 Å². The van der Waals surface area contributed by atoms with Gasteiger partial charge in [-0.15, -0.1) is 0 Å². The van der Waals surface area contributed by atoms with Crippen molar-refractivity contribution in [1.29, 1.82) is 0 Å². The molecule has 70 valence electrons. The van der Waals surface area contributed by atoms with Gasteiger partial charge in [-0.25, -0.2) is 0 Å². The molecule has 0 aliphatic heterocycles. The van der Waals surface area contributed by atoms with Crippen LogP contribution >= 0.6 is 0 Å². The van der Waals surface area contributed by atoms with Crippen molar-refractivity contribution >= 4 is 11.9 Å². The van der Waals surface area contributed by atoms with Gasteiger partial charge in [-0.05, 0) is 6.08 Å². The molecule has 0 radical (unpaired) electrons. The molecule has 0 saturated carbocycles. The Morgan fingerprint density at radius 3 is 1.92 bits per heavy atom. The summed E-state index contributed by atoms with van der Waals surface area (Å²) in [4.78, 5) is 26.4. The first-order valence-corrected chi connectivity index (χ1v) is 3.36. The van der Waals surface area contributed by atoms with E-state index in [-0.39, 0.29) is 18.5 Å². The largest absolute Gasteiger partial charge is 0.377 e. The lowest BCUT2D eigenvalue weighted by Gasteiger charge is -1.86. The topological polar surface area (TPSA) is 60.4 Å². The monoisotopic (exact) mass is 174 g/mol. The summed E-state index contributed by atoms with van der Waals surface area (Å²) < 4.78 is 4.47. The van der Waals surface area contributed by atoms with Crippen molar-refractivity contribution in [3.05, 3.63) is 12.7 Å². The van der Waals surface area contributed by atoms with Crippen LogP contribution in [0.3, 0.4) is 0 Å². The smallest absolute Gasteiger partial charge is 0.373 e.